The van der Waals surface area contributed by atoms with Gasteiger partial charge in [-0.1, -0.05) is 0 Å². The molecule has 6 heteroatoms. The van der Waals surface area contributed by atoms with Crippen molar-refractivity contribution in [3.05, 3.63) is 30.1 Å². The van der Waals surface area contributed by atoms with Crippen LogP contribution in [0.1, 0.15) is 19.3 Å². The summed E-state index contributed by atoms with van der Waals surface area (Å²) >= 11 is 0. The van der Waals surface area contributed by atoms with E-state index in [1.807, 2.05) is 0 Å². The van der Waals surface area contributed by atoms with Crippen molar-refractivity contribution in [2.24, 2.45) is 0 Å². The van der Waals surface area contributed by atoms with Crippen LogP contribution in [0.3, 0.4) is 0 Å². The molecule has 0 aliphatic heterocycles. The molecule has 0 unspecified atom stereocenters. The summed E-state index contributed by atoms with van der Waals surface area (Å²) in [4.78, 5) is 0. The molecule has 1 aromatic carbocycles. The number of nitrogens with one attached hydrogen (secondary N) is 1. The second-order valence-electron chi connectivity index (χ2n) is 4.84. The van der Waals surface area contributed by atoms with Gasteiger partial charge in [-0.3, -0.25) is 4.31 Å². The highest BCUT2D eigenvalue weighted by Crippen LogP contribution is 2.19. The molecule has 0 amide bonds. The first-order chi connectivity index (χ1) is 8.99. The third-order valence-electron chi connectivity index (χ3n) is 3.20. The van der Waals surface area contributed by atoms with Gasteiger partial charge in [0.05, 0.1) is 11.4 Å². The predicted octanol–water partition coefficient (Wildman–Crippen LogP) is 1.73. The van der Waals surface area contributed by atoms with E-state index in [1.165, 1.54) is 48.5 Å². The lowest BCUT2D eigenvalue weighted by atomic mass is 10.3. The van der Waals surface area contributed by atoms with Gasteiger partial charge in [-0.05, 0) is 50.1 Å². The molecule has 0 atom stereocenters. The molecule has 1 saturated carbocycles. The van der Waals surface area contributed by atoms with Crippen LogP contribution in [0.4, 0.5) is 10.1 Å². The van der Waals surface area contributed by atoms with Crippen molar-refractivity contribution in [1.29, 1.82) is 0 Å². The largest absolute Gasteiger partial charge is 0.314 e. The normalized spacial score (nSPS) is 15.5. The second-order valence-corrected chi connectivity index (χ2v) is 6.96. The molecule has 2 rings (SSSR count). The zero-order valence-electron chi connectivity index (χ0n) is 11.0. The van der Waals surface area contributed by atoms with Crippen LogP contribution >= 0.6 is 0 Å². The van der Waals surface area contributed by atoms with Gasteiger partial charge in [-0.2, -0.15) is 0 Å². The Morgan fingerprint density at radius 3 is 2.53 bits per heavy atom. The quantitative estimate of drug-likeness (QED) is 0.777. The van der Waals surface area contributed by atoms with Gasteiger partial charge in [0.25, 0.3) is 0 Å². The summed E-state index contributed by atoms with van der Waals surface area (Å²) in [6, 6.07) is 6.05. The summed E-state index contributed by atoms with van der Waals surface area (Å²) in [6.07, 6.45) is 2.98. The molecule has 0 heterocycles. The molecule has 1 fully saturated rings. The zero-order valence-corrected chi connectivity index (χ0v) is 11.8. The van der Waals surface area contributed by atoms with Crippen molar-refractivity contribution in [3.8, 4) is 0 Å². The van der Waals surface area contributed by atoms with Crippen molar-refractivity contribution in [3.63, 3.8) is 0 Å². The van der Waals surface area contributed by atoms with E-state index in [4.69, 9.17) is 0 Å². The Balaban J connectivity index is 1.87. The lowest BCUT2D eigenvalue weighted by molar-refractivity contribution is 0.586. The smallest absolute Gasteiger partial charge is 0.234 e. The van der Waals surface area contributed by atoms with Crippen molar-refractivity contribution in [2.45, 2.75) is 25.3 Å². The first kappa shape index (κ1) is 14.3. The van der Waals surface area contributed by atoms with E-state index in [0.717, 1.165) is 6.54 Å². The van der Waals surface area contributed by atoms with Crippen LogP contribution < -0.4 is 9.62 Å². The number of sulfonamides is 1. The average molecular weight is 286 g/mol. The van der Waals surface area contributed by atoms with Crippen LogP contribution in [-0.2, 0) is 10.0 Å². The van der Waals surface area contributed by atoms with Crippen LogP contribution in [0.5, 0.6) is 0 Å². The minimum atomic E-state index is -3.33. The van der Waals surface area contributed by atoms with Crippen LogP contribution in [0.25, 0.3) is 0 Å². The zero-order chi connectivity index (χ0) is 13.9. The molecule has 1 aliphatic carbocycles. The maximum atomic E-state index is 12.8. The van der Waals surface area contributed by atoms with Gasteiger partial charge in [-0.15, -0.1) is 0 Å². The van der Waals surface area contributed by atoms with Gasteiger partial charge >= 0.3 is 0 Å². The SMILES string of the molecule is CN(c1ccc(F)cc1)S(=O)(=O)CCCNC1CC1. The molecule has 0 aromatic heterocycles. The molecule has 1 aliphatic rings. The van der Waals surface area contributed by atoms with Crippen molar-refractivity contribution < 1.29 is 12.8 Å². The van der Waals surface area contributed by atoms with E-state index in [9.17, 15) is 12.8 Å². The number of rotatable bonds is 7. The van der Waals surface area contributed by atoms with E-state index >= 15 is 0 Å². The number of nitrogens with zero attached hydrogens (tertiary/aromatic N) is 1. The minimum absolute atomic E-state index is 0.0978. The number of hydrogen-bond donors (Lipinski definition) is 1. The molecule has 0 radical (unpaired) electrons. The maximum absolute atomic E-state index is 12.8. The molecular formula is C13H19FN2O2S. The van der Waals surface area contributed by atoms with Gasteiger partial charge in [0, 0.05) is 13.1 Å². The van der Waals surface area contributed by atoms with E-state index in [-0.39, 0.29) is 11.6 Å². The molecule has 1 aromatic rings. The van der Waals surface area contributed by atoms with Crippen molar-refractivity contribution in [1.82, 2.24) is 5.32 Å². The minimum Gasteiger partial charge on any atom is -0.314 e. The molecular weight excluding hydrogens is 267 g/mol. The monoisotopic (exact) mass is 286 g/mol. The molecule has 0 bridgehead atoms. The number of hydrogen-bond acceptors (Lipinski definition) is 3. The first-order valence-electron chi connectivity index (χ1n) is 6.44. The summed E-state index contributed by atoms with van der Waals surface area (Å²) in [5.74, 6) is -0.274. The molecule has 1 N–H and O–H groups in total. The lowest BCUT2D eigenvalue weighted by Gasteiger charge is -2.19. The van der Waals surface area contributed by atoms with Crippen molar-refractivity contribution >= 4 is 15.7 Å². The highest BCUT2D eigenvalue weighted by Gasteiger charge is 2.21. The Hall–Kier alpha value is -1.14. The van der Waals surface area contributed by atoms with E-state index in [1.54, 1.807) is 0 Å². The van der Waals surface area contributed by atoms with Crippen LogP contribution in [0, 0.1) is 5.82 Å². The Labute approximate surface area is 113 Å². The second kappa shape index (κ2) is 5.88. The molecule has 0 saturated heterocycles. The number of halogens is 1. The Morgan fingerprint density at radius 2 is 1.95 bits per heavy atom. The molecule has 4 nitrogen and oxygen atoms in total. The first-order valence-corrected chi connectivity index (χ1v) is 8.05. The highest BCUT2D eigenvalue weighted by atomic mass is 32.2. The van der Waals surface area contributed by atoms with E-state index < -0.39 is 10.0 Å². The molecule has 0 spiro atoms. The highest BCUT2D eigenvalue weighted by molar-refractivity contribution is 7.92. The average Bonchev–Trinajstić information content (AvgIpc) is 3.19. The van der Waals surface area contributed by atoms with Gasteiger partial charge in [-0.25, -0.2) is 12.8 Å². The summed E-state index contributed by atoms with van der Waals surface area (Å²) < 4.78 is 38.2. The van der Waals surface area contributed by atoms with Gasteiger partial charge < -0.3 is 5.32 Å². The lowest BCUT2D eigenvalue weighted by Crippen LogP contribution is -2.30. The summed E-state index contributed by atoms with van der Waals surface area (Å²) in [5, 5.41) is 3.28. The maximum Gasteiger partial charge on any atom is 0.234 e. The van der Waals surface area contributed by atoms with Gasteiger partial charge in [0.2, 0.25) is 10.0 Å². The molecule has 19 heavy (non-hydrogen) atoms. The van der Waals surface area contributed by atoms with Gasteiger partial charge in [0.15, 0.2) is 0 Å². The topological polar surface area (TPSA) is 49.4 Å². The van der Waals surface area contributed by atoms with E-state index in [2.05, 4.69) is 5.32 Å². The van der Waals surface area contributed by atoms with E-state index in [0.29, 0.717) is 18.2 Å². The van der Waals surface area contributed by atoms with Crippen LogP contribution in [0.15, 0.2) is 24.3 Å². The fraction of sp³-hybridized carbons (Fsp3) is 0.538. The third kappa shape index (κ3) is 4.18. The van der Waals surface area contributed by atoms with Crippen molar-refractivity contribution in [2.75, 3.05) is 23.7 Å². The number of benzene rings is 1. The standard InChI is InChI=1S/C13H19FN2O2S/c1-16(13-7-3-11(14)4-8-13)19(17,18)10-2-9-15-12-5-6-12/h3-4,7-8,12,15H,2,5-6,9-10H2,1H3. The van der Waals surface area contributed by atoms with Crippen LogP contribution in [-0.4, -0.2) is 33.8 Å². The summed E-state index contributed by atoms with van der Waals surface area (Å²) in [7, 11) is -1.84. The third-order valence-corrected chi connectivity index (χ3v) is 5.05. The Kier molecular flexibility index (Phi) is 4.42. The number of anilines is 1. The Bertz CT molecular complexity index is 512. The fourth-order valence-electron chi connectivity index (χ4n) is 1.80. The Morgan fingerprint density at radius 1 is 1.32 bits per heavy atom. The van der Waals surface area contributed by atoms with Gasteiger partial charge in [0.1, 0.15) is 5.82 Å². The fourth-order valence-corrected chi connectivity index (χ4v) is 3.02. The molecule has 106 valence electrons. The predicted molar refractivity (Wildman–Crippen MR) is 74.2 cm³/mol. The van der Waals surface area contributed by atoms with Crippen LogP contribution in [0.2, 0.25) is 0 Å². The summed E-state index contributed by atoms with van der Waals surface area (Å²) in [5.41, 5.74) is 0.483. The summed E-state index contributed by atoms with van der Waals surface area (Å²) in [6.45, 7) is 0.723.